The Labute approximate surface area is 155 Å². The minimum Gasteiger partial charge on any atom is -0.393 e. The minimum absolute atomic E-state index is 0.00753. The maximum absolute atomic E-state index is 10.5. The van der Waals surface area contributed by atoms with E-state index in [2.05, 4.69) is 20.8 Å². The number of fused-ring (bicyclic) bond motifs is 9. The Morgan fingerprint density at radius 1 is 1.00 bits per heavy atom. The van der Waals surface area contributed by atoms with Crippen LogP contribution in [0.25, 0.3) is 0 Å². The summed E-state index contributed by atoms with van der Waals surface area (Å²) in [7, 11) is 1.29. The van der Waals surface area contributed by atoms with Crippen molar-refractivity contribution >= 4 is 10.2 Å². The van der Waals surface area contributed by atoms with E-state index in [0.717, 1.165) is 55.0 Å². The van der Waals surface area contributed by atoms with Gasteiger partial charge >= 0.3 is 0 Å². The summed E-state index contributed by atoms with van der Waals surface area (Å²) in [4.78, 5) is 0. The summed E-state index contributed by atoms with van der Waals surface area (Å²) >= 11 is 0. The van der Waals surface area contributed by atoms with Crippen molar-refractivity contribution in [3.8, 4) is 0 Å². The quantitative estimate of drug-likeness (QED) is 0.532. The Bertz CT molecular complexity index is 632. The number of aliphatic hydroxyl groups excluding tert-OH is 1. The van der Waals surface area contributed by atoms with Gasteiger partial charge < -0.3 is 9.84 Å². The highest BCUT2D eigenvalue weighted by Crippen LogP contribution is 2.82. The van der Waals surface area contributed by atoms with E-state index < -0.39 is 0 Å². The van der Waals surface area contributed by atoms with E-state index in [0.29, 0.717) is 15.9 Å². The Morgan fingerprint density at radius 2 is 1.72 bits per heavy atom. The first kappa shape index (κ1) is 16.1. The normalized spacial score (nSPS) is 70.3. The van der Waals surface area contributed by atoms with E-state index in [-0.39, 0.29) is 11.7 Å². The molecule has 5 aliphatic carbocycles. The van der Waals surface area contributed by atoms with Crippen molar-refractivity contribution < 1.29 is 9.84 Å². The first-order chi connectivity index (χ1) is 11.8. The summed E-state index contributed by atoms with van der Waals surface area (Å²) in [5.41, 5.74) is 1.23. The molecule has 1 saturated heterocycles. The van der Waals surface area contributed by atoms with Crippen LogP contribution in [0.5, 0.6) is 0 Å². The molecule has 25 heavy (non-hydrogen) atoms. The van der Waals surface area contributed by atoms with Crippen molar-refractivity contribution in [3.05, 3.63) is 0 Å². The van der Waals surface area contributed by atoms with Gasteiger partial charge in [0.15, 0.2) is 0 Å². The van der Waals surface area contributed by atoms with Gasteiger partial charge in [0.25, 0.3) is 0 Å². The summed E-state index contributed by atoms with van der Waals surface area (Å²) in [6, 6.07) is 0. The van der Waals surface area contributed by atoms with Gasteiger partial charge in [-0.05, 0) is 90.9 Å². The predicted octanol–water partition coefficient (Wildman–Crippen LogP) is 3.17. The summed E-state index contributed by atoms with van der Waals surface area (Å²) in [6.45, 7) is 8.80. The van der Waals surface area contributed by atoms with E-state index in [4.69, 9.17) is 4.74 Å². The first-order valence-corrected chi connectivity index (χ1v) is 12.1. The molecule has 0 amide bonds. The topological polar surface area (TPSA) is 32.8 Å². The molecule has 1 heterocycles. The standard InChI is InChI=1S/C22H36O2Si/c1-12-8-17-18-14-9-16(14)22(25)10-13(23)4-6-20(22,3)15(18)5-7-19(17,2)21(12)11-24-21/h12-18,23H,4-11H2,1-3,25H3/t12?,13-,14?,15?,16?,17?,18?,19-,20+,21-,22+/m0/s1. The van der Waals surface area contributed by atoms with Crippen molar-refractivity contribution in [3.63, 3.8) is 0 Å². The smallest absolute Gasteiger partial charge is 0.0997 e. The van der Waals surface area contributed by atoms with Gasteiger partial charge in [0.2, 0.25) is 0 Å². The number of ether oxygens (including phenoxy) is 1. The summed E-state index contributed by atoms with van der Waals surface area (Å²) < 4.78 is 6.21. The lowest BCUT2D eigenvalue weighted by Crippen LogP contribution is -2.58. The zero-order valence-corrected chi connectivity index (χ0v) is 18.6. The van der Waals surface area contributed by atoms with E-state index in [1.54, 1.807) is 0 Å². The molecule has 11 atom stereocenters. The molecule has 1 N–H and O–H groups in total. The van der Waals surface area contributed by atoms with E-state index in [9.17, 15) is 5.11 Å². The molecular formula is C22H36O2Si. The number of rotatable bonds is 0. The van der Waals surface area contributed by atoms with Gasteiger partial charge in [-0.3, -0.25) is 0 Å². The third kappa shape index (κ3) is 1.59. The Morgan fingerprint density at radius 3 is 2.44 bits per heavy atom. The monoisotopic (exact) mass is 360 g/mol. The Balaban J connectivity index is 1.42. The van der Waals surface area contributed by atoms with Crippen LogP contribution in [0.2, 0.25) is 5.04 Å². The molecule has 2 nitrogen and oxygen atoms in total. The summed E-state index contributed by atoms with van der Waals surface area (Å²) in [5, 5.41) is 11.0. The molecule has 0 radical (unpaired) electrons. The molecule has 1 aliphatic heterocycles. The minimum atomic E-state index is -0.00753. The highest BCUT2D eigenvalue weighted by Gasteiger charge is 2.77. The van der Waals surface area contributed by atoms with Gasteiger partial charge in [-0.1, -0.05) is 20.8 Å². The maximum Gasteiger partial charge on any atom is 0.0997 e. The fourth-order valence-electron chi connectivity index (χ4n) is 9.78. The van der Waals surface area contributed by atoms with Crippen LogP contribution < -0.4 is 0 Å². The second-order valence-corrected chi connectivity index (χ2v) is 13.6. The van der Waals surface area contributed by atoms with E-state index in [1.165, 1.54) is 42.3 Å². The summed E-state index contributed by atoms with van der Waals surface area (Å²) in [5.74, 6) is 5.52. The molecule has 6 aliphatic rings. The summed E-state index contributed by atoms with van der Waals surface area (Å²) in [6.07, 6.45) is 9.23. The van der Waals surface area contributed by atoms with Crippen LogP contribution in [0.4, 0.5) is 0 Å². The SMILES string of the molecule is CC1CC2C3C4CC4[C@]4([SiH3])C[C@@H](O)CC[C@]4(C)C3CC[C@]2(C)[C@]12CO2. The molecule has 0 bridgehead atoms. The molecule has 0 aromatic heterocycles. The van der Waals surface area contributed by atoms with Crippen molar-refractivity contribution in [1.82, 2.24) is 0 Å². The van der Waals surface area contributed by atoms with Crippen LogP contribution in [-0.2, 0) is 4.74 Å². The molecule has 6 unspecified atom stereocenters. The van der Waals surface area contributed by atoms with Crippen LogP contribution in [0.15, 0.2) is 0 Å². The predicted molar refractivity (Wildman–Crippen MR) is 102 cm³/mol. The molecule has 0 aromatic rings. The second kappa shape index (κ2) is 4.41. The largest absolute Gasteiger partial charge is 0.393 e. The fourth-order valence-corrected chi connectivity index (χ4v) is 11.5. The molecule has 140 valence electrons. The van der Waals surface area contributed by atoms with Crippen LogP contribution in [0.3, 0.4) is 0 Å². The maximum atomic E-state index is 10.5. The lowest BCUT2D eigenvalue weighted by atomic mass is 9.44. The molecule has 3 heteroatoms. The number of hydrogen-bond donors (Lipinski definition) is 1. The lowest BCUT2D eigenvalue weighted by Gasteiger charge is -2.65. The fraction of sp³-hybridized carbons (Fsp3) is 1.00. The molecule has 6 fully saturated rings. The molecule has 6 rings (SSSR count). The van der Waals surface area contributed by atoms with Crippen molar-refractivity contribution in [2.24, 2.45) is 46.3 Å². The molecular weight excluding hydrogens is 324 g/mol. The number of epoxide rings is 1. The van der Waals surface area contributed by atoms with Gasteiger partial charge in [-0.15, -0.1) is 0 Å². The average molecular weight is 361 g/mol. The van der Waals surface area contributed by atoms with Crippen molar-refractivity contribution in [1.29, 1.82) is 0 Å². The van der Waals surface area contributed by atoms with Crippen LogP contribution in [0.1, 0.15) is 65.7 Å². The van der Waals surface area contributed by atoms with Crippen molar-refractivity contribution in [2.75, 3.05) is 6.61 Å². The van der Waals surface area contributed by atoms with Gasteiger partial charge in [0.1, 0.15) is 0 Å². The van der Waals surface area contributed by atoms with Gasteiger partial charge in [0.05, 0.1) is 18.3 Å². The first-order valence-electron chi connectivity index (χ1n) is 11.1. The van der Waals surface area contributed by atoms with Crippen LogP contribution in [-0.4, -0.2) is 33.7 Å². The van der Waals surface area contributed by atoms with Gasteiger partial charge in [-0.25, -0.2) is 0 Å². The van der Waals surface area contributed by atoms with Crippen LogP contribution >= 0.6 is 0 Å². The zero-order valence-electron chi connectivity index (χ0n) is 16.6. The number of hydrogen-bond acceptors (Lipinski definition) is 2. The third-order valence-electron chi connectivity index (χ3n) is 11.5. The van der Waals surface area contributed by atoms with Crippen molar-refractivity contribution in [2.45, 2.75) is 82.5 Å². The van der Waals surface area contributed by atoms with E-state index in [1.807, 2.05) is 0 Å². The van der Waals surface area contributed by atoms with Crippen LogP contribution in [0, 0.1) is 46.3 Å². The lowest BCUT2D eigenvalue weighted by molar-refractivity contribution is -0.126. The highest BCUT2D eigenvalue weighted by molar-refractivity contribution is 6.16. The molecule has 1 spiro atoms. The zero-order chi connectivity index (χ0) is 17.4. The highest BCUT2D eigenvalue weighted by atomic mass is 28.1. The second-order valence-electron chi connectivity index (χ2n) is 11.8. The van der Waals surface area contributed by atoms with Gasteiger partial charge in [0, 0.05) is 15.7 Å². The van der Waals surface area contributed by atoms with Gasteiger partial charge in [-0.2, -0.15) is 0 Å². The number of aliphatic hydroxyl groups is 1. The third-order valence-corrected chi connectivity index (χ3v) is 13.8. The Kier molecular flexibility index (Phi) is 2.84. The average Bonchev–Trinajstić information content (AvgIpc) is 3.43. The Hall–Kier alpha value is 0.137. The molecule has 0 aromatic carbocycles. The van der Waals surface area contributed by atoms with E-state index >= 15 is 0 Å². The molecule has 5 saturated carbocycles.